The maximum absolute atomic E-state index is 11.8. The number of carbonyl (C=O) groups excluding carboxylic acids is 1. The molecule has 0 aliphatic carbocycles. The molecule has 1 atom stereocenters. The summed E-state index contributed by atoms with van der Waals surface area (Å²) in [5.74, 6) is -0.0404. The number of hydrogen-bond acceptors (Lipinski definition) is 2. The van der Waals surface area contributed by atoms with Crippen LogP contribution in [0.25, 0.3) is 0 Å². The first-order valence-electron chi connectivity index (χ1n) is 5.16. The Labute approximate surface area is 90.9 Å². The number of amides is 1. The minimum atomic E-state index is -0.406. The van der Waals surface area contributed by atoms with E-state index in [1.807, 2.05) is 38.1 Å². The largest absolute Gasteiger partial charge is 0.320 e. The van der Waals surface area contributed by atoms with Gasteiger partial charge in [0.25, 0.3) is 0 Å². The minimum absolute atomic E-state index is 0.0404. The molecule has 0 aliphatic rings. The van der Waals surface area contributed by atoms with Crippen molar-refractivity contribution in [1.82, 2.24) is 0 Å². The summed E-state index contributed by atoms with van der Waals surface area (Å²) in [6.07, 6.45) is 0.662. The Balaban J connectivity index is 2.80. The van der Waals surface area contributed by atoms with Crippen molar-refractivity contribution in [3.63, 3.8) is 0 Å². The lowest BCUT2D eigenvalue weighted by Gasteiger charge is -2.20. The summed E-state index contributed by atoms with van der Waals surface area (Å²) in [6, 6.07) is 7.41. The summed E-state index contributed by atoms with van der Waals surface area (Å²) in [5.41, 5.74) is 7.76. The first kappa shape index (κ1) is 11.7. The van der Waals surface area contributed by atoms with Crippen LogP contribution in [0.3, 0.4) is 0 Å². The Hall–Kier alpha value is -1.35. The van der Waals surface area contributed by atoms with Crippen LogP contribution in [0.1, 0.15) is 18.9 Å². The third-order valence-corrected chi connectivity index (χ3v) is 2.51. The van der Waals surface area contributed by atoms with E-state index in [4.69, 9.17) is 5.73 Å². The van der Waals surface area contributed by atoms with E-state index in [-0.39, 0.29) is 5.91 Å². The van der Waals surface area contributed by atoms with Gasteiger partial charge in [0.15, 0.2) is 0 Å². The molecule has 1 amide bonds. The molecule has 1 rings (SSSR count). The summed E-state index contributed by atoms with van der Waals surface area (Å²) >= 11 is 0. The fraction of sp³-hybridized carbons (Fsp3) is 0.417. The predicted molar refractivity (Wildman–Crippen MR) is 62.9 cm³/mol. The molecule has 0 aromatic heterocycles. The number of carbonyl (C=O) groups is 1. The van der Waals surface area contributed by atoms with E-state index in [2.05, 4.69) is 0 Å². The summed E-state index contributed by atoms with van der Waals surface area (Å²) in [6.45, 7) is 3.93. The Kier molecular flexibility index (Phi) is 3.86. The highest BCUT2D eigenvalue weighted by molar-refractivity contribution is 5.96. The van der Waals surface area contributed by atoms with Crippen molar-refractivity contribution in [3.8, 4) is 0 Å². The molecule has 15 heavy (non-hydrogen) atoms. The lowest BCUT2D eigenvalue weighted by Crippen LogP contribution is -2.41. The number of nitrogens with zero attached hydrogens (tertiary/aromatic N) is 1. The average Bonchev–Trinajstić information content (AvgIpc) is 2.27. The summed E-state index contributed by atoms with van der Waals surface area (Å²) in [7, 11) is 1.75. The van der Waals surface area contributed by atoms with Crippen molar-refractivity contribution in [2.75, 3.05) is 11.9 Å². The van der Waals surface area contributed by atoms with Gasteiger partial charge in [-0.15, -0.1) is 0 Å². The fourth-order valence-corrected chi connectivity index (χ4v) is 1.32. The molecule has 0 saturated carbocycles. The molecule has 82 valence electrons. The van der Waals surface area contributed by atoms with Gasteiger partial charge >= 0.3 is 0 Å². The van der Waals surface area contributed by atoms with Gasteiger partial charge in [0.2, 0.25) is 5.91 Å². The van der Waals surface area contributed by atoms with Gasteiger partial charge in [-0.3, -0.25) is 4.79 Å². The molecule has 0 fully saturated rings. The van der Waals surface area contributed by atoms with E-state index in [9.17, 15) is 4.79 Å². The van der Waals surface area contributed by atoms with Crippen LogP contribution in [-0.4, -0.2) is 19.0 Å². The number of likely N-dealkylation sites (N-methyl/N-ethyl adjacent to an activating group) is 1. The molecular formula is C12H18N2O. The molecule has 3 nitrogen and oxygen atoms in total. The quantitative estimate of drug-likeness (QED) is 0.818. The Bertz CT molecular complexity index is 332. The zero-order valence-electron chi connectivity index (χ0n) is 9.53. The van der Waals surface area contributed by atoms with E-state index in [1.165, 1.54) is 5.56 Å². The molecule has 0 bridgehead atoms. The van der Waals surface area contributed by atoms with Crippen molar-refractivity contribution >= 4 is 11.6 Å². The summed E-state index contributed by atoms with van der Waals surface area (Å²) in [5, 5.41) is 0. The molecule has 0 saturated heterocycles. The maximum Gasteiger partial charge on any atom is 0.243 e. The SMILES string of the molecule is CC[C@@H](N)C(=O)N(C)c1ccc(C)cc1. The second-order valence-corrected chi connectivity index (χ2v) is 3.75. The fourth-order valence-electron chi connectivity index (χ4n) is 1.32. The van der Waals surface area contributed by atoms with Gasteiger partial charge in [0, 0.05) is 12.7 Å². The van der Waals surface area contributed by atoms with Gasteiger partial charge in [-0.2, -0.15) is 0 Å². The number of benzene rings is 1. The third-order valence-electron chi connectivity index (χ3n) is 2.51. The smallest absolute Gasteiger partial charge is 0.243 e. The first-order chi connectivity index (χ1) is 7.06. The van der Waals surface area contributed by atoms with Crippen LogP contribution in [0.15, 0.2) is 24.3 Å². The maximum atomic E-state index is 11.8. The van der Waals surface area contributed by atoms with Gasteiger partial charge in [-0.25, -0.2) is 0 Å². The van der Waals surface area contributed by atoms with Crippen LogP contribution >= 0.6 is 0 Å². The standard InChI is InChI=1S/C12H18N2O/c1-4-11(13)12(15)14(3)10-7-5-9(2)6-8-10/h5-8,11H,4,13H2,1-3H3/t11-/m1/s1. The van der Waals surface area contributed by atoms with Crippen LogP contribution in [0.4, 0.5) is 5.69 Å². The van der Waals surface area contributed by atoms with E-state index in [0.717, 1.165) is 5.69 Å². The van der Waals surface area contributed by atoms with Crippen LogP contribution < -0.4 is 10.6 Å². The minimum Gasteiger partial charge on any atom is -0.320 e. The van der Waals surface area contributed by atoms with E-state index >= 15 is 0 Å². The van der Waals surface area contributed by atoms with Crippen molar-refractivity contribution in [2.45, 2.75) is 26.3 Å². The highest BCUT2D eigenvalue weighted by atomic mass is 16.2. The number of aryl methyl sites for hydroxylation is 1. The molecule has 0 radical (unpaired) electrons. The van der Waals surface area contributed by atoms with Crippen molar-refractivity contribution < 1.29 is 4.79 Å². The van der Waals surface area contributed by atoms with Gasteiger partial charge in [-0.05, 0) is 25.5 Å². The van der Waals surface area contributed by atoms with Crippen LogP contribution in [-0.2, 0) is 4.79 Å². The topological polar surface area (TPSA) is 46.3 Å². The monoisotopic (exact) mass is 206 g/mol. The van der Waals surface area contributed by atoms with Crippen molar-refractivity contribution in [2.24, 2.45) is 5.73 Å². The number of nitrogens with two attached hydrogens (primary N) is 1. The lowest BCUT2D eigenvalue weighted by atomic mass is 10.2. The molecule has 0 heterocycles. The highest BCUT2D eigenvalue weighted by Crippen LogP contribution is 2.14. The first-order valence-corrected chi connectivity index (χ1v) is 5.16. The zero-order valence-corrected chi connectivity index (χ0v) is 9.53. The van der Waals surface area contributed by atoms with E-state index in [1.54, 1.807) is 11.9 Å². The Morgan fingerprint density at radius 2 is 1.93 bits per heavy atom. The molecule has 0 unspecified atom stereocenters. The number of hydrogen-bond donors (Lipinski definition) is 1. The van der Waals surface area contributed by atoms with E-state index < -0.39 is 6.04 Å². The highest BCUT2D eigenvalue weighted by Gasteiger charge is 2.16. The molecule has 1 aromatic rings. The Morgan fingerprint density at radius 1 is 1.40 bits per heavy atom. The Morgan fingerprint density at radius 3 is 2.40 bits per heavy atom. The van der Waals surface area contributed by atoms with E-state index in [0.29, 0.717) is 6.42 Å². The number of rotatable bonds is 3. The molecule has 0 aliphatic heterocycles. The average molecular weight is 206 g/mol. The van der Waals surface area contributed by atoms with Crippen LogP contribution in [0, 0.1) is 6.92 Å². The number of anilines is 1. The van der Waals surface area contributed by atoms with Gasteiger partial charge in [0.05, 0.1) is 6.04 Å². The van der Waals surface area contributed by atoms with Gasteiger partial charge in [-0.1, -0.05) is 24.6 Å². The van der Waals surface area contributed by atoms with Gasteiger partial charge in [0.1, 0.15) is 0 Å². The van der Waals surface area contributed by atoms with Crippen molar-refractivity contribution in [1.29, 1.82) is 0 Å². The normalized spacial score (nSPS) is 12.3. The zero-order chi connectivity index (χ0) is 11.4. The van der Waals surface area contributed by atoms with Crippen LogP contribution in [0.2, 0.25) is 0 Å². The molecule has 1 aromatic carbocycles. The summed E-state index contributed by atoms with van der Waals surface area (Å²) < 4.78 is 0. The third kappa shape index (κ3) is 2.80. The molecular weight excluding hydrogens is 188 g/mol. The molecule has 0 spiro atoms. The van der Waals surface area contributed by atoms with Gasteiger partial charge < -0.3 is 10.6 Å². The summed E-state index contributed by atoms with van der Waals surface area (Å²) in [4.78, 5) is 13.4. The predicted octanol–water partition coefficient (Wildman–Crippen LogP) is 1.70. The second kappa shape index (κ2) is 4.94. The molecule has 2 N–H and O–H groups in total. The second-order valence-electron chi connectivity index (χ2n) is 3.75. The lowest BCUT2D eigenvalue weighted by molar-refractivity contribution is -0.119. The van der Waals surface area contributed by atoms with Crippen molar-refractivity contribution in [3.05, 3.63) is 29.8 Å². The van der Waals surface area contributed by atoms with Crippen LogP contribution in [0.5, 0.6) is 0 Å². The molecule has 3 heteroatoms.